The number of aromatic nitrogens is 2. The maximum Gasteiger partial charge on any atom is 0.208 e. The summed E-state index contributed by atoms with van der Waals surface area (Å²) in [5.74, 6) is 3.31. The number of hydrogen-bond donors (Lipinski definition) is 2. The molecule has 0 amide bonds. The highest BCUT2D eigenvalue weighted by Crippen LogP contribution is 2.19. The first kappa shape index (κ1) is 25.1. The Hall–Kier alpha value is -1.20. The van der Waals surface area contributed by atoms with Crippen LogP contribution in [0.5, 0.6) is 0 Å². The van der Waals surface area contributed by atoms with Gasteiger partial charge in [-0.3, -0.25) is 4.90 Å². The van der Waals surface area contributed by atoms with Gasteiger partial charge in [0.2, 0.25) is 5.89 Å². The van der Waals surface area contributed by atoms with Gasteiger partial charge >= 0.3 is 0 Å². The molecule has 0 saturated carbocycles. The number of likely N-dealkylation sites (tertiary alicyclic amines) is 1. The maximum atomic E-state index is 5.73. The van der Waals surface area contributed by atoms with Gasteiger partial charge in [-0.25, -0.2) is 15.0 Å². The summed E-state index contributed by atoms with van der Waals surface area (Å²) in [5.41, 5.74) is 2.11. The molecule has 168 valence electrons. The highest BCUT2D eigenvalue weighted by molar-refractivity contribution is 14.0. The van der Waals surface area contributed by atoms with Crippen molar-refractivity contribution in [3.8, 4) is 0 Å². The fourth-order valence-corrected chi connectivity index (χ4v) is 4.34. The third kappa shape index (κ3) is 7.19. The summed E-state index contributed by atoms with van der Waals surface area (Å²) in [5, 5.41) is 7.94. The van der Waals surface area contributed by atoms with E-state index >= 15 is 0 Å². The van der Waals surface area contributed by atoms with Gasteiger partial charge in [0.1, 0.15) is 10.8 Å². The van der Waals surface area contributed by atoms with Gasteiger partial charge in [-0.2, -0.15) is 0 Å². The lowest BCUT2D eigenvalue weighted by atomic mass is 9.97. The fraction of sp³-hybridized carbons (Fsp3) is 0.667. The van der Waals surface area contributed by atoms with Gasteiger partial charge in [0.25, 0.3) is 0 Å². The van der Waals surface area contributed by atoms with E-state index in [1.54, 1.807) is 11.3 Å². The Labute approximate surface area is 201 Å². The largest absolute Gasteiger partial charge is 0.444 e. The molecular weight excluding hydrogens is 511 g/mol. The minimum absolute atomic E-state index is 0. The molecule has 0 atom stereocenters. The molecule has 1 aliphatic rings. The quantitative estimate of drug-likeness (QED) is 0.311. The smallest absolute Gasteiger partial charge is 0.208 e. The first-order chi connectivity index (χ1) is 13.9. The van der Waals surface area contributed by atoms with E-state index in [9.17, 15) is 0 Å². The second-order valence-electron chi connectivity index (χ2n) is 7.79. The van der Waals surface area contributed by atoms with Crippen LogP contribution in [0.4, 0.5) is 0 Å². The number of nitrogens with zero attached hydrogens (tertiary/aromatic N) is 4. The molecule has 3 heterocycles. The second kappa shape index (κ2) is 12.0. The summed E-state index contributed by atoms with van der Waals surface area (Å²) >= 11 is 1.73. The summed E-state index contributed by atoms with van der Waals surface area (Å²) in [6.45, 7) is 15.6. The zero-order valence-corrected chi connectivity index (χ0v) is 21.9. The first-order valence-corrected chi connectivity index (χ1v) is 11.4. The van der Waals surface area contributed by atoms with Crippen LogP contribution in [0.15, 0.2) is 9.41 Å². The Morgan fingerprint density at radius 2 is 1.87 bits per heavy atom. The van der Waals surface area contributed by atoms with E-state index in [0.29, 0.717) is 12.5 Å². The normalized spacial score (nSPS) is 15.8. The van der Waals surface area contributed by atoms with E-state index in [1.165, 1.54) is 17.7 Å². The monoisotopic (exact) mass is 546 g/mol. The van der Waals surface area contributed by atoms with Crippen LogP contribution in [0.3, 0.4) is 0 Å². The van der Waals surface area contributed by atoms with Crippen LogP contribution in [0.1, 0.15) is 52.7 Å². The molecule has 2 N–H and O–H groups in total. The van der Waals surface area contributed by atoms with Gasteiger partial charge in [0.05, 0.1) is 24.5 Å². The molecule has 2 aromatic heterocycles. The Bertz CT molecular complexity index is 787. The van der Waals surface area contributed by atoms with Crippen molar-refractivity contribution in [2.24, 2.45) is 10.9 Å². The van der Waals surface area contributed by atoms with E-state index in [4.69, 9.17) is 9.41 Å². The Balaban J connectivity index is 0.00000320. The van der Waals surface area contributed by atoms with Crippen molar-refractivity contribution in [2.75, 3.05) is 26.2 Å². The second-order valence-corrected chi connectivity index (χ2v) is 9.08. The van der Waals surface area contributed by atoms with E-state index in [-0.39, 0.29) is 24.0 Å². The van der Waals surface area contributed by atoms with Gasteiger partial charge in [0.15, 0.2) is 5.96 Å². The highest BCUT2D eigenvalue weighted by Gasteiger charge is 2.21. The molecule has 0 spiro atoms. The van der Waals surface area contributed by atoms with Crippen LogP contribution < -0.4 is 10.6 Å². The lowest BCUT2D eigenvalue weighted by Gasteiger charge is -2.31. The SMILES string of the molecule is CCNC(=NCc1nc(C)c(C)s1)NCC1CCN(Cc2nc(C)c(C)o2)CC1.I. The molecule has 1 aliphatic heterocycles. The van der Waals surface area contributed by atoms with Crippen molar-refractivity contribution in [3.05, 3.63) is 32.9 Å². The average molecular weight is 547 g/mol. The number of aliphatic imine (C=N–C) groups is 1. The van der Waals surface area contributed by atoms with Crippen molar-refractivity contribution in [1.82, 2.24) is 25.5 Å². The molecule has 1 fully saturated rings. The van der Waals surface area contributed by atoms with Gasteiger partial charge in [0, 0.05) is 18.0 Å². The third-order valence-corrected chi connectivity index (χ3v) is 6.54. The van der Waals surface area contributed by atoms with Crippen LogP contribution in [-0.2, 0) is 13.1 Å². The molecule has 0 aliphatic carbocycles. The summed E-state index contributed by atoms with van der Waals surface area (Å²) in [6, 6.07) is 0. The zero-order chi connectivity index (χ0) is 20.8. The van der Waals surface area contributed by atoms with Crippen LogP contribution in [0.2, 0.25) is 0 Å². The Morgan fingerprint density at radius 1 is 1.13 bits per heavy atom. The van der Waals surface area contributed by atoms with Crippen molar-refractivity contribution in [2.45, 2.75) is 60.5 Å². The number of thiazole rings is 1. The van der Waals surface area contributed by atoms with Gasteiger partial charge < -0.3 is 15.1 Å². The lowest BCUT2D eigenvalue weighted by molar-refractivity contribution is 0.164. The van der Waals surface area contributed by atoms with E-state index < -0.39 is 0 Å². The number of nitrogens with one attached hydrogen (secondary N) is 2. The van der Waals surface area contributed by atoms with Crippen LogP contribution in [0, 0.1) is 33.6 Å². The number of guanidine groups is 1. The molecule has 9 heteroatoms. The average Bonchev–Trinajstić information content (AvgIpc) is 3.19. The molecule has 2 aromatic rings. The van der Waals surface area contributed by atoms with Crippen molar-refractivity contribution in [3.63, 3.8) is 0 Å². The Kier molecular flexibility index (Phi) is 10.0. The first-order valence-electron chi connectivity index (χ1n) is 10.5. The van der Waals surface area contributed by atoms with Crippen LogP contribution in [0.25, 0.3) is 0 Å². The summed E-state index contributed by atoms with van der Waals surface area (Å²) in [7, 11) is 0. The Morgan fingerprint density at radius 3 is 2.43 bits per heavy atom. The minimum Gasteiger partial charge on any atom is -0.444 e. The summed E-state index contributed by atoms with van der Waals surface area (Å²) in [4.78, 5) is 17.5. The lowest BCUT2D eigenvalue weighted by Crippen LogP contribution is -2.42. The van der Waals surface area contributed by atoms with E-state index in [0.717, 1.165) is 66.7 Å². The fourth-order valence-electron chi connectivity index (χ4n) is 3.48. The van der Waals surface area contributed by atoms with Gasteiger partial charge in [-0.15, -0.1) is 35.3 Å². The number of piperidine rings is 1. The molecule has 3 rings (SSSR count). The third-order valence-electron chi connectivity index (χ3n) is 5.49. The van der Waals surface area contributed by atoms with Gasteiger partial charge in [-0.1, -0.05) is 0 Å². The maximum absolute atomic E-state index is 5.73. The molecule has 0 bridgehead atoms. The molecule has 1 saturated heterocycles. The van der Waals surface area contributed by atoms with E-state index in [2.05, 4.69) is 46.3 Å². The number of hydrogen-bond acceptors (Lipinski definition) is 6. The molecule has 7 nitrogen and oxygen atoms in total. The molecule has 30 heavy (non-hydrogen) atoms. The minimum atomic E-state index is 0. The number of aryl methyl sites for hydroxylation is 4. The van der Waals surface area contributed by atoms with Crippen molar-refractivity contribution in [1.29, 1.82) is 0 Å². The molecule has 0 aromatic carbocycles. The van der Waals surface area contributed by atoms with Gasteiger partial charge in [-0.05, 0) is 66.5 Å². The predicted molar refractivity (Wildman–Crippen MR) is 134 cm³/mol. The highest BCUT2D eigenvalue weighted by atomic mass is 127. The summed E-state index contributed by atoms with van der Waals surface area (Å²) < 4.78 is 5.73. The van der Waals surface area contributed by atoms with Crippen molar-refractivity contribution >= 4 is 41.3 Å². The van der Waals surface area contributed by atoms with Crippen LogP contribution in [-0.4, -0.2) is 47.0 Å². The molecular formula is C21H35IN6OS. The van der Waals surface area contributed by atoms with Crippen molar-refractivity contribution < 1.29 is 4.42 Å². The predicted octanol–water partition coefficient (Wildman–Crippen LogP) is 3.95. The molecule has 0 radical (unpaired) electrons. The summed E-state index contributed by atoms with van der Waals surface area (Å²) in [6.07, 6.45) is 2.35. The number of oxazole rings is 1. The van der Waals surface area contributed by atoms with Crippen LogP contribution >= 0.6 is 35.3 Å². The number of rotatable bonds is 7. The molecule has 0 unspecified atom stereocenters. The topological polar surface area (TPSA) is 78.6 Å². The van der Waals surface area contributed by atoms with E-state index in [1.807, 2.05) is 13.8 Å². The zero-order valence-electron chi connectivity index (χ0n) is 18.7. The number of halogens is 1. The standard InChI is InChI=1S/C21H34N6OS.HI/c1-6-22-21(24-12-20-26-15(3)17(5)29-20)23-11-18-7-9-27(10-8-18)13-19-25-14(2)16(4)28-19;/h18H,6-13H2,1-5H3,(H2,22,23,24);1H.